The molecule has 1 aliphatic heterocycles. The number of hydrogen-bond donors (Lipinski definition) is 0. The lowest BCUT2D eigenvalue weighted by Crippen LogP contribution is -2.27. The molecule has 0 unspecified atom stereocenters. The summed E-state index contributed by atoms with van der Waals surface area (Å²) in [6.45, 7) is 4.79. The Morgan fingerprint density at radius 3 is 2.47 bits per heavy atom. The van der Waals surface area contributed by atoms with E-state index in [1.165, 1.54) is 19.2 Å². The lowest BCUT2D eigenvalue weighted by molar-refractivity contribution is 0.0692. The fourth-order valence-corrected chi connectivity index (χ4v) is 4.12. The number of hydrogen-bond acceptors (Lipinski definition) is 4. The maximum atomic E-state index is 13.1. The van der Waals surface area contributed by atoms with E-state index in [1.54, 1.807) is 18.0 Å². The first-order valence-corrected chi connectivity index (χ1v) is 10.5. The molecule has 0 N–H and O–H groups in total. The molecule has 7 nitrogen and oxygen atoms in total. The van der Waals surface area contributed by atoms with E-state index in [2.05, 4.69) is 5.10 Å². The van der Waals surface area contributed by atoms with Gasteiger partial charge in [0.25, 0.3) is 17.7 Å². The van der Waals surface area contributed by atoms with Crippen LogP contribution in [0.25, 0.3) is 0 Å². The molecule has 3 aromatic rings. The van der Waals surface area contributed by atoms with Crippen LogP contribution < -0.4 is 0 Å². The molecule has 0 aliphatic carbocycles. The first kappa shape index (κ1) is 21.8. The predicted octanol–water partition coefficient (Wildman–Crippen LogP) is 3.70. The Balaban J connectivity index is 1.55. The molecule has 0 saturated carbocycles. The van der Waals surface area contributed by atoms with Crippen LogP contribution in [0.2, 0.25) is 5.02 Å². The summed E-state index contributed by atoms with van der Waals surface area (Å²) in [5.41, 5.74) is 4.67. The zero-order chi connectivity index (χ0) is 23.2. The quantitative estimate of drug-likeness (QED) is 0.555. The molecule has 2 heterocycles. The topological polar surface area (TPSA) is 75.5 Å². The van der Waals surface area contributed by atoms with E-state index in [1.807, 2.05) is 42.8 Å². The average Bonchev–Trinajstić information content (AvgIpc) is 3.16. The number of benzene rings is 2. The Bertz CT molecular complexity index is 1260. The van der Waals surface area contributed by atoms with Crippen LogP contribution in [0, 0.1) is 13.8 Å². The fraction of sp³-hybridized carbons (Fsp3) is 0.250. The minimum Gasteiger partial charge on any atom is -0.337 e. The second-order valence-electron chi connectivity index (χ2n) is 7.99. The highest BCUT2D eigenvalue weighted by atomic mass is 35.5. The molecular weight excluding hydrogens is 428 g/mol. The zero-order valence-corrected chi connectivity index (χ0v) is 19.1. The number of imide groups is 1. The van der Waals surface area contributed by atoms with Crippen molar-refractivity contribution in [2.45, 2.75) is 26.9 Å². The second kappa shape index (κ2) is 8.24. The van der Waals surface area contributed by atoms with Crippen LogP contribution in [0.5, 0.6) is 0 Å². The highest BCUT2D eigenvalue weighted by Gasteiger charge is 2.33. The number of halogens is 1. The van der Waals surface area contributed by atoms with Crippen molar-refractivity contribution in [3.63, 3.8) is 0 Å². The van der Waals surface area contributed by atoms with E-state index in [0.717, 1.165) is 27.4 Å². The summed E-state index contributed by atoms with van der Waals surface area (Å²) in [6, 6.07) is 12.3. The second-order valence-corrected chi connectivity index (χ2v) is 8.40. The minimum atomic E-state index is -0.394. The first-order valence-electron chi connectivity index (χ1n) is 10.2. The van der Waals surface area contributed by atoms with Gasteiger partial charge in [-0.3, -0.25) is 24.0 Å². The van der Waals surface area contributed by atoms with E-state index in [4.69, 9.17) is 11.6 Å². The monoisotopic (exact) mass is 450 g/mol. The van der Waals surface area contributed by atoms with Crippen LogP contribution in [0.3, 0.4) is 0 Å². The molecule has 1 aliphatic rings. The van der Waals surface area contributed by atoms with E-state index < -0.39 is 5.91 Å². The minimum absolute atomic E-state index is 0.236. The lowest BCUT2D eigenvalue weighted by Gasteiger charge is -2.18. The molecule has 4 rings (SSSR count). The number of fused-ring (bicyclic) bond motifs is 1. The predicted molar refractivity (Wildman–Crippen MR) is 121 cm³/mol. The number of carbonyl (C=O) groups is 3. The van der Waals surface area contributed by atoms with Crippen molar-refractivity contribution in [1.29, 1.82) is 0 Å². The van der Waals surface area contributed by atoms with Crippen molar-refractivity contribution >= 4 is 29.3 Å². The Kier molecular flexibility index (Phi) is 5.60. The summed E-state index contributed by atoms with van der Waals surface area (Å²) >= 11 is 6.29. The van der Waals surface area contributed by atoms with Crippen molar-refractivity contribution in [2.24, 2.45) is 0 Å². The highest BCUT2D eigenvalue weighted by Crippen LogP contribution is 2.24. The van der Waals surface area contributed by atoms with Crippen LogP contribution in [-0.2, 0) is 13.1 Å². The molecule has 2 aromatic carbocycles. The molecule has 32 heavy (non-hydrogen) atoms. The van der Waals surface area contributed by atoms with Gasteiger partial charge >= 0.3 is 0 Å². The van der Waals surface area contributed by atoms with Gasteiger partial charge in [0.1, 0.15) is 0 Å². The van der Waals surface area contributed by atoms with Gasteiger partial charge in [-0.15, -0.1) is 0 Å². The number of aromatic nitrogens is 2. The maximum Gasteiger partial charge on any atom is 0.261 e. The molecule has 1 aromatic heterocycles. The van der Waals surface area contributed by atoms with Crippen molar-refractivity contribution < 1.29 is 14.4 Å². The molecule has 0 spiro atoms. The average molecular weight is 451 g/mol. The maximum absolute atomic E-state index is 13.1. The Morgan fingerprint density at radius 2 is 1.75 bits per heavy atom. The molecule has 3 amide bonds. The number of nitrogens with zero attached hydrogens (tertiary/aromatic N) is 4. The van der Waals surface area contributed by atoms with Gasteiger partial charge in [-0.05, 0) is 43.7 Å². The van der Waals surface area contributed by atoms with Crippen LogP contribution in [0.4, 0.5) is 0 Å². The van der Waals surface area contributed by atoms with E-state index >= 15 is 0 Å². The summed E-state index contributed by atoms with van der Waals surface area (Å²) < 4.78 is 1.89. The number of aryl methyl sites for hydroxylation is 1. The number of rotatable bonds is 5. The molecule has 8 heteroatoms. The molecule has 0 bridgehead atoms. The van der Waals surface area contributed by atoms with Gasteiger partial charge in [-0.2, -0.15) is 5.10 Å². The summed E-state index contributed by atoms with van der Waals surface area (Å²) in [5, 5.41) is 5.32. The fourth-order valence-electron chi connectivity index (χ4n) is 3.93. The zero-order valence-electron chi connectivity index (χ0n) is 18.3. The standard InChI is InChI=1S/C24H23ClN4O3/c1-14-20(15(2)29(26-14)12-17-7-5-6-8-21(17)25)13-27(3)22(30)16-9-10-18-19(11-16)24(32)28(4)23(18)31/h5-11H,12-13H2,1-4H3. The summed E-state index contributed by atoms with van der Waals surface area (Å²) in [7, 11) is 3.14. The smallest absolute Gasteiger partial charge is 0.261 e. The van der Waals surface area contributed by atoms with Gasteiger partial charge in [-0.25, -0.2) is 0 Å². The Morgan fingerprint density at radius 1 is 1.06 bits per heavy atom. The van der Waals surface area contributed by atoms with Gasteiger partial charge in [0.15, 0.2) is 0 Å². The van der Waals surface area contributed by atoms with Crippen molar-refractivity contribution in [2.75, 3.05) is 14.1 Å². The molecule has 0 fully saturated rings. The van der Waals surface area contributed by atoms with Gasteiger partial charge in [0, 0.05) is 42.5 Å². The largest absolute Gasteiger partial charge is 0.337 e. The van der Waals surface area contributed by atoms with Crippen molar-refractivity contribution in [3.8, 4) is 0 Å². The van der Waals surface area contributed by atoms with Crippen LogP contribution in [0.15, 0.2) is 42.5 Å². The lowest BCUT2D eigenvalue weighted by atomic mass is 10.0. The SMILES string of the molecule is Cc1nn(Cc2ccccc2Cl)c(C)c1CN(C)C(=O)c1ccc2c(c1)C(=O)N(C)C2=O. The third kappa shape index (κ3) is 3.69. The van der Waals surface area contributed by atoms with E-state index in [0.29, 0.717) is 29.2 Å². The van der Waals surface area contributed by atoms with Crippen LogP contribution in [-0.4, -0.2) is 51.4 Å². The van der Waals surface area contributed by atoms with Gasteiger partial charge in [0.2, 0.25) is 0 Å². The van der Waals surface area contributed by atoms with Crippen LogP contribution in [0.1, 0.15) is 53.6 Å². The third-order valence-electron chi connectivity index (χ3n) is 5.89. The van der Waals surface area contributed by atoms with Gasteiger partial charge in [0.05, 0.1) is 23.4 Å². The third-order valence-corrected chi connectivity index (χ3v) is 6.26. The Labute approximate surface area is 191 Å². The summed E-state index contributed by atoms with van der Waals surface area (Å²) in [6.07, 6.45) is 0. The van der Waals surface area contributed by atoms with Crippen molar-refractivity contribution in [1.82, 2.24) is 19.6 Å². The normalized spacial score (nSPS) is 13.0. The Hall–Kier alpha value is -3.45. The van der Waals surface area contributed by atoms with E-state index in [9.17, 15) is 14.4 Å². The molecule has 0 radical (unpaired) electrons. The van der Waals surface area contributed by atoms with Gasteiger partial charge < -0.3 is 4.90 Å². The highest BCUT2D eigenvalue weighted by molar-refractivity contribution is 6.31. The van der Waals surface area contributed by atoms with Gasteiger partial charge in [-0.1, -0.05) is 29.8 Å². The summed E-state index contributed by atoms with van der Waals surface area (Å²) in [5.74, 6) is -0.982. The molecule has 164 valence electrons. The van der Waals surface area contributed by atoms with E-state index in [-0.39, 0.29) is 17.4 Å². The van der Waals surface area contributed by atoms with Crippen molar-refractivity contribution in [3.05, 3.63) is 86.7 Å². The number of amides is 3. The van der Waals surface area contributed by atoms with Crippen LogP contribution >= 0.6 is 11.6 Å². The molecule has 0 saturated heterocycles. The number of carbonyl (C=O) groups excluding carboxylic acids is 3. The molecule has 0 atom stereocenters. The first-order chi connectivity index (χ1) is 15.2. The molecular formula is C24H23ClN4O3. The summed E-state index contributed by atoms with van der Waals surface area (Å²) in [4.78, 5) is 40.1.